The van der Waals surface area contributed by atoms with Gasteiger partial charge in [-0.05, 0) is 39.2 Å². The minimum absolute atomic E-state index is 0.0579. The van der Waals surface area contributed by atoms with E-state index in [-0.39, 0.29) is 17.9 Å². The molecule has 0 aliphatic carbocycles. The van der Waals surface area contributed by atoms with Crippen LogP contribution in [-0.4, -0.2) is 48.7 Å². The number of hydrogen-bond acceptors (Lipinski definition) is 4. The Morgan fingerprint density at radius 1 is 1.32 bits per heavy atom. The van der Waals surface area contributed by atoms with E-state index in [4.69, 9.17) is 4.74 Å². The lowest BCUT2D eigenvalue weighted by molar-refractivity contribution is -0.147. The van der Waals surface area contributed by atoms with Gasteiger partial charge in [0.1, 0.15) is 0 Å². The largest absolute Gasteiger partial charge is 0.469 e. The molecule has 4 nitrogen and oxygen atoms in total. The smallest absolute Gasteiger partial charge is 0.309 e. The normalized spacial score (nSPS) is 33.2. The fourth-order valence-electron chi connectivity index (χ4n) is 3.85. The van der Waals surface area contributed by atoms with E-state index in [1.165, 1.54) is 32.8 Å². The van der Waals surface area contributed by atoms with Crippen molar-refractivity contribution in [2.75, 3.05) is 13.7 Å². The zero-order chi connectivity index (χ0) is 14.0. The van der Waals surface area contributed by atoms with E-state index >= 15 is 0 Å². The highest BCUT2D eigenvalue weighted by atomic mass is 16.5. The van der Waals surface area contributed by atoms with Crippen LogP contribution in [0.5, 0.6) is 0 Å². The quantitative estimate of drug-likeness (QED) is 0.772. The number of nitrogens with one attached hydrogen (secondary N) is 1. The molecule has 1 N–H and O–H groups in total. The Morgan fingerprint density at radius 3 is 2.37 bits per heavy atom. The van der Waals surface area contributed by atoms with Crippen LogP contribution >= 0.6 is 0 Å². The van der Waals surface area contributed by atoms with Gasteiger partial charge in [-0.15, -0.1) is 0 Å². The first kappa shape index (κ1) is 14.8. The second-order valence-electron chi connectivity index (χ2n) is 6.15. The standard InChI is InChI=1S/C15H28N2O2/c1-5-17(11(3)10(2)15(18)19-4)14-8-12-6-7-13(9-14)16-12/h10-14,16H,5-9H2,1-4H3. The van der Waals surface area contributed by atoms with Crippen LogP contribution in [0.1, 0.15) is 46.5 Å². The Bertz CT molecular complexity index is 309. The summed E-state index contributed by atoms with van der Waals surface area (Å²) < 4.78 is 4.89. The molecule has 0 amide bonds. The minimum Gasteiger partial charge on any atom is -0.469 e. The predicted molar refractivity (Wildman–Crippen MR) is 76.0 cm³/mol. The van der Waals surface area contributed by atoms with Gasteiger partial charge in [-0.3, -0.25) is 9.69 Å². The second-order valence-corrected chi connectivity index (χ2v) is 6.15. The summed E-state index contributed by atoms with van der Waals surface area (Å²) >= 11 is 0. The highest BCUT2D eigenvalue weighted by Gasteiger charge is 2.38. The Balaban J connectivity index is 2.00. The first-order valence-electron chi connectivity index (χ1n) is 7.66. The molecule has 0 radical (unpaired) electrons. The average Bonchev–Trinajstić information content (AvgIpc) is 2.76. The first-order chi connectivity index (χ1) is 9.06. The molecular weight excluding hydrogens is 240 g/mol. The lowest BCUT2D eigenvalue weighted by atomic mass is 9.93. The van der Waals surface area contributed by atoms with Crippen molar-refractivity contribution >= 4 is 5.97 Å². The molecule has 2 bridgehead atoms. The van der Waals surface area contributed by atoms with Crippen molar-refractivity contribution in [2.24, 2.45) is 5.92 Å². The molecule has 2 rings (SSSR count). The number of piperidine rings is 1. The summed E-state index contributed by atoms with van der Waals surface area (Å²) in [7, 11) is 1.48. The van der Waals surface area contributed by atoms with Gasteiger partial charge in [0.15, 0.2) is 0 Å². The molecule has 4 unspecified atom stereocenters. The monoisotopic (exact) mass is 268 g/mol. The summed E-state index contributed by atoms with van der Waals surface area (Å²) in [4.78, 5) is 14.2. The second kappa shape index (κ2) is 6.23. The third-order valence-corrected chi connectivity index (χ3v) is 5.10. The van der Waals surface area contributed by atoms with Crippen LogP contribution in [0, 0.1) is 5.92 Å². The number of rotatable bonds is 5. The Hall–Kier alpha value is -0.610. The maximum Gasteiger partial charge on any atom is 0.309 e. The van der Waals surface area contributed by atoms with Crippen molar-refractivity contribution in [1.82, 2.24) is 10.2 Å². The van der Waals surface area contributed by atoms with Crippen molar-refractivity contribution in [3.05, 3.63) is 0 Å². The van der Waals surface area contributed by atoms with Crippen LogP contribution in [0.25, 0.3) is 0 Å². The van der Waals surface area contributed by atoms with E-state index in [1.807, 2.05) is 6.92 Å². The van der Waals surface area contributed by atoms with E-state index in [2.05, 4.69) is 24.1 Å². The van der Waals surface area contributed by atoms with Gasteiger partial charge >= 0.3 is 5.97 Å². The molecule has 2 aliphatic rings. The number of hydrogen-bond donors (Lipinski definition) is 1. The summed E-state index contributed by atoms with van der Waals surface area (Å²) in [5.41, 5.74) is 0. The molecule has 0 aromatic rings. The topological polar surface area (TPSA) is 41.6 Å². The van der Waals surface area contributed by atoms with Gasteiger partial charge in [0.25, 0.3) is 0 Å². The van der Waals surface area contributed by atoms with Crippen LogP contribution in [0.15, 0.2) is 0 Å². The summed E-state index contributed by atoms with van der Waals surface area (Å²) in [5, 5.41) is 3.68. The van der Waals surface area contributed by atoms with Crippen molar-refractivity contribution < 1.29 is 9.53 Å². The SMILES string of the molecule is CCN(C1CC2CCC(C1)N2)C(C)C(C)C(=O)OC. The number of methoxy groups -OCH3 is 1. The fraction of sp³-hybridized carbons (Fsp3) is 0.933. The number of carbonyl (C=O) groups excluding carboxylic acids is 1. The van der Waals surface area contributed by atoms with Crippen molar-refractivity contribution in [3.8, 4) is 0 Å². The molecule has 4 heteroatoms. The van der Waals surface area contributed by atoms with Gasteiger partial charge in [0.2, 0.25) is 0 Å². The van der Waals surface area contributed by atoms with Gasteiger partial charge < -0.3 is 10.1 Å². The third-order valence-electron chi connectivity index (χ3n) is 5.10. The van der Waals surface area contributed by atoms with Crippen molar-refractivity contribution in [2.45, 2.75) is 70.6 Å². The molecule has 0 spiro atoms. The Labute approximate surface area is 116 Å². The number of fused-ring (bicyclic) bond motifs is 2. The molecule has 2 saturated heterocycles. The molecule has 2 fully saturated rings. The van der Waals surface area contributed by atoms with Crippen molar-refractivity contribution in [3.63, 3.8) is 0 Å². The van der Waals surface area contributed by atoms with Gasteiger partial charge in [-0.25, -0.2) is 0 Å². The van der Waals surface area contributed by atoms with Crippen molar-refractivity contribution in [1.29, 1.82) is 0 Å². The van der Waals surface area contributed by atoms with Crippen LogP contribution in [0.3, 0.4) is 0 Å². The highest BCUT2D eigenvalue weighted by Crippen LogP contribution is 2.31. The zero-order valence-electron chi connectivity index (χ0n) is 12.7. The Morgan fingerprint density at radius 2 is 1.89 bits per heavy atom. The summed E-state index contributed by atoms with van der Waals surface area (Å²) in [6.45, 7) is 7.35. The molecule has 2 heterocycles. The molecular formula is C15H28N2O2. The molecule has 2 aliphatic heterocycles. The summed E-state index contributed by atoms with van der Waals surface area (Å²) in [6, 6.07) is 2.25. The molecule has 4 atom stereocenters. The van der Waals surface area contributed by atoms with Gasteiger partial charge in [-0.2, -0.15) is 0 Å². The summed E-state index contributed by atoms with van der Waals surface area (Å²) in [5.74, 6) is -0.152. The third kappa shape index (κ3) is 3.11. The minimum atomic E-state index is -0.0946. The van der Waals surface area contributed by atoms with Crippen LogP contribution < -0.4 is 5.32 Å². The van der Waals surface area contributed by atoms with E-state index in [0.29, 0.717) is 18.1 Å². The maximum atomic E-state index is 11.7. The van der Waals surface area contributed by atoms with Crippen LogP contribution in [0.4, 0.5) is 0 Å². The number of esters is 1. The number of nitrogens with zero attached hydrogens (tertiary/aromatic N) is 1. The molecule has 0 saturated carbocycles. The van der Waals surface area contributed by atoms with Crippen LogP contribution in [0.2, 0.25) is 0 Å². The van der Waals surface area contributed by atoms with Crippen LogP contribution in [-0.2, 0) is 9.53 Å². The van der Waals surface area contributed by atoms with E-state index in [9.17, 15) is 4.79 Å². The number of carbonyl (C=O) groups is 1. The molecule has 0 aromatic carbocycles. The van der Waals surface area contributed by atoms with E-state index in [1.54, 1.807) is 0 Å². The number of ether oxygens (including phenoxy) is 1. The lowest BCUT2D eigenvalue weighted by Gasteiger charge is -2.42. The zero-order valence-corrected chi connectivity index (χ0v) is 12.7. The first-order valence-corrected chi connectivity index (χ1v) is 7.66. The summed E-state index contributed by atoms with van der Waals surface area (Å²) in [6.07, 6.45) is 5.09. The predicted octanol–water partition coefficient (Wildman–Crippen LogP) is 1.79. The molecule has 110 valence electrons. The average molecular weight is 268 g/mol. The maximum absolute atomic E-state index is 11.7. The molecule has 19 heavy (non-hydrogen) atoms. The van der Waals surface area contributed by atoms with E-state index < -0.39 is 0 Å². The Kier molecular flexibility index (Phi) is 4.85. The van der Waals surface area contributed by atoms with Gasteiger partial charge in [0.05, 0.1) is 13.0 Å². The van der Waals surface area contributed by atoms with E-state index in [0.717, 1.165) is 6.54 Å². The van der Waals surface area contributed by atoms with Gasteiger partial charge in [0, 0.05) is 24.2 Å². The fourth-order valence-corrected chi connectivity index (χ4v) is 3.85. The highest BCUT2D eigenvalue weighted by molar-refractivity contribution is 5.72. The van der Waals surface area contributed by atoms with Gasteiger partial charge in [-0.1, -0.05) is 13.8 Å². The molecule has 0 aromatic heterocycles. The lowest BCUT2D eigenvalue weighted by Crippen LogP contribution is -2.53.